The average Bonchev–Trinajstić information content (AvgIpc) is 2.93. The summed E-state index contributed by atoms with van der Waals surface area (Å²) in [4.78, 5) is 3.56. The van der Waals surface area contributed by atoms with Gasteiger partial charge in [-0.3, -0.25) is 5.10 Å². The molecular formula is C11H12F2N4O2S. The number of H-pyrrole nitrogens is 1. The van der Waals surface area contributed by atoms with Crippen LogP contribution < -0.4 is 5.32 Å². The largest absolute Gasteiger partial charge is 0.375 e. The van der Waals surface area contributed by atoms with Gasteiger partial charge in [0, 0.05) is 5.69 Å². The van der Waals surface area contributed by atoms with E-state index >= 15 is 0 Å². The predicted octanol–water partition coefficient (Wildman–Crippen LogP) is 1.97. The minimum atomic E-state index is -4.55. The summed E-state index contributed by atoms with van der Waals surface area (Å²) < 4.78 is 47.3. The van der Waals surface area contributed by atoms with Crippen molar-refractivity contribution in [2.75, 3.05) is 5.32 Å². The van der Waals surface area contributed by atoms with Gasteiger partial charge >= 0.3 is 5.76 Å². The number of halogens is 2. The molecule has 1 heterocycles. The maximum absolute atomic E-state index is 12.4. The molecule has 108 valence electrons. The van der Waals surface area contributed by atoms with Gasteiger partial charge < -0.3 is 5.32 Å². The number of sulfone groups is 1. The van der Waals surface area contributed by atoms with Crippen molar-refractivity contribution in [2.24, 2.45) is 0 Å². The van der Waals surface area contributed by atoms with Crippen molar-refractivity contribution in [3.63, 3.8) is 0 Å². The van der Waals surface area contributed by atoms with E-state index in [1.807, 2.05) is 6.92 Å². The smallest absolute Gasteiger partial charge is 0.341 e. The first-order valence-electron chi connectivity index (χ1n) is 5.65. The van der Waals surface area contributed by atoms with Crippen LogP contribution in [0.1, 0.15) is 18.8 Å². The second-order valence-electron chi connectivity index (χ2n) is 4.07. The van der Waals surface area contributed by atoms with Crippen molar-refractivity contribution in [1.82, 2.24) is 15.2 Å². The molecule has 0 aliphatic carbocycles. The average molecular weight is 302 g/mol. The molecule has 0 aliphatic heterocycles. The number of hydrogen-bond acceptors (Lipinski definition) is 5. The highest BCUT2D eigenvalue weighted by Gasteiger charge is 2.26. The molecule has 0 aliphatic rings. The van der Waals surface area contributed by atoms with Gasteiger partial charge in [0.2, 0.25) is 9.84 Å². The normalized spacial score (nSPS) is 13.4. The molecule has 0 fully saturated rings. The summed E-state index contributed by atoms with van der Waals surface area (Å²) in [6, 6.07) is 4.92. The van der Waals surface area contributed by atoms with Crippen LogP contribution in [0.3, 0.4) is 0 Å². The number of nitrogens with zero attached hydrogens (tertiary/aromatic N) is 2. The Morgan fingerprint density at radius 3 is 2.40 bits per heavy atom. The lowest BCUT2D eigenvalue weighted by Gasteiger charge is -2.12. The molecule has 0 radical (unpaired) electrons. The van der Waals surface area contributed by atoms with Crippen molar-refractivity contribution >= 4 is 15.5 Å². The van der Waals surface area contributed by atoms with Crippen molar-refractivity contribution in [2.45, 2.75) is 23.6 Å². The lowest BCUT2D eigenvalue weighted by Crippen LogP contribution is -2.12. The Kier molecular flexibility index (Phi) is 3.98. The van der Waals surface area contributed by atoms with Crippen LogP contribution in [-0.4, -0.2) is 29.4 Å². The number of rotatable bonds is 5. The minimum Gasteiger partial charge on any atom is -0.375 e. The molecule has 6 nitrogen and oxygen atoms in total. The summed E-state index contributed by atoms with van der Waals surface area (Å²) in [5.41, 5.74) is 0.585. The highest BCUT2D eigenvalue weighted by molar-refractivity contribution is 7.91. The van der Waals surface area contributed by atoms with Crippen LogP contribution in [0.15, 0.2) is 35.5 Å². The highest BCUT2D eigenvalue weighted by atomic mass is 32.2. The summed E-state index contributed by atoms with van der Waals surface area (Å²) in [7, 11) is -4.55. The van der Waals surface area contributed by atoms with Crippen molar-refractivity contribution in [3.8, 4) is 0 Å². The molecule has 2 N–H and O–H groups in total. The molecule has 0 saturated carbocycles. The van der Waals surface area contributed by atoms with E-state index < -0.39 is 20.5 Å². The van der Waals surface area contributed by atoms with Gasteiger partial charge in [0.05, 0.1) is 10.9 Å². The Morgan fingerprint density at radius 2 is 1.90 bits per heavy atom. The van der Waals surface area contributed by atoms with Gasteiger partial charge in [-0.2, -0.15) is 13.9 Å². The van der Waals surface area contributed by atoms with E-state index in [0.29, 0.717) is 11.5 Å². The summed E-state index contributed by atoms with van der Waals surface area (Å²) in [6.07, 6.45) is 1.37. The first-order valence-corrected chi connectivity index (χ1v) is 7.20. The lowest BCUT2D eigenvalue weighted by molar-refractivity contribution is 0.234. The van der Waals surface area contributed by atoms with Crippen molar-refractivity contribution in [3.05, 3.63) is 36.4 Å². The van der Waals surface area contributed by atoms with Gasteiger partial charge in [0.15, 0.2) is 0 Å². The fourth-order valence-electron chi connectivity index (χ4n) is 1.59. The van der Waals surface area contributed by atoms with Gasteiger partial charge in [-0.1, -0.05) is 0 Å². The zero-order valence-electron chi connectivity index (χ0n) is 10.4. The molecule has 1 unspecified atom stereocenters. The van der Waals surface area contributed by atoms with Crippen molar-refractivity contribution in [1.29, 1.82) is 0 Å². The highest BCUT2D eigenvalue weighted by Crippen LogP contribution is 2.22. The Balaban J connectivity index is 2.13. The van der Waals surface area contributed by atoms with E-state index in [1.54, 1.807) is 0 Å². The Morgan fingerprint density at radius 1 is 1.25 bits per heavy atom. The molecule has 0 bridgehead atoms. The third-order valence-corrected chi connectivity index (χ3v) is 4.04. The van der Waals surface area contributed by atoms with E-state index in [4.69, 9.17) is 0 Å². The second kappa shape index (κ2) is 5.53. The van der Waals surface area contributed by atoms with Crippen molar-refractivity contribution < 1.29 is 17.2 Å². The van der Waals surface area contributed by atoms with Gasteiger partial charge in [-0.15, -0.1) is 0 Å². The minimum absolute atomic E-state index is 0.185. The fourth-order valence-corrected chi connectivity index (χ4v) is 2.31. The first-order chi connectivity index (χ1) is 9.41. The summed E-state index contributed by atoms with van der Waals surface area (Å²) in [5.74, 6) is -2.82. The molecule has 9 heteroatoms. The monoisotopic (exact) mass is 302 g/mol. The van der Waals surface area contributed by atoms with Crippen LogP contribution in [-0.2, 0) is 9.84 Å². The van der Waals surface area contributed by atoms with Crippen LogP contribution in [0.25, 0.3) is 0 Å². The van der Waals surface area contributed by atoms with Gasteiger partial charge in [0.25, 0.3) is 0 Å². The first kappa shape index (κ1) is 14.4. The molecule has 0 saturated heterocycles. The van der Waals surface area contributed by atoms with Gasteiger partial charge in [-0.25, -0.2) is 13.4 Å². The Bertz CT molecular complexity index is 656. The van der Waals surface area contributed by atoms with Crippen LogP contribution in [0.4, 0.5) is 14.5 Å². The van der Waals surface area contributed by atoms with Crippen LogP contribution in [0, 0.1) is 0 Å². The third kappa shape index (κ3) is 2.93. The van der Waals surface area contributed by atoms with Gasteiger partial charge in [0.1, 0.15) is 12.2 Å². The van der Waals surface area contributed by atoms with E-state index in [1.165, 1.54) is 18.5 Å². The molecule has 20 heavy (non-hydrogen) atoms. The maximum Gasteiger partial charge on any atom is 0.341 e. The number of aromatic amines is 1. The standard InChI is InChI=1S/C11H12F2N4O2S/c1-7(10-14-6-15-17-10)16-8-2-4-9(5-3-8)20(18,19)11(12)13/h2-7,11,16H,1H3,(H,14,15,17). The Labute approximate surface area is 114 Å². The van der Waals surface area contributed by atoms with Crippen LogP contribution >= 0.6 is 0 Å². The van der Waals surface area contributed by atoms with Crippen LogP contribution in [0.5, 0.6) is 0 Å². The maximum atomic E-state index is 12.4. The molecule has 2 aromatic rings. The van der Waals surface area contributed by atoms with E-state index in [0.717, 1.165) is 12.1 Å². The van der Waals surface area contributed by atoms with E-state index in [2.05, 4.69) is 20.5 Å². The topological polar surface area (TPSA) is 87.7 Å². The summed E-state index contributed by atoms with van der Waals surface area (Å²) in [5, 5.41) is 9.44. The molecular weight excluding hydrogens is 290 g/mol. The van der Waals surface area contributed by atoms with E-state index in [9.17, 15) is 17.2 Å². The molecule has 2 rings (SSSR count). The number of benzene rings is 1. The third-order valence-electron chi connectivity index (χ3n) is 2.64. The number of aromatic nitrogens is 3. The Hall–Kier alpha value is -2.03. The molecule has 1 aromatic carbocycles. The number of nitrogens with one attached hydrogen (secondary N) is 2. The zero-order valence-corrected chi connectivity index (χ0v) is 11.2. The second-order valence-corrected chi connectivity index (χ2v) is 5.98. The summed E-state index contributed by atoms with van der Waals surface area (Å²) >= 11 is 0. The lowest BCUT2D eigenvalue weighted by atomic mass is 10.2. The number of anilines is 1. The summed E-state index contributed by atoms with van der Waals surface area (Å²) in [6.45, 7) is 1.82. The quantitative estimate of drug-likeness (QED) is 0.881. The molecule has 1 aromatic heterocycles. The molecule has 1 atom stereocenters. The number of alkyl halides is 2. The van der Waals surface area contributed by atoms with E-state index in [-0.39, 0.29) is 6.04 Å². The van der Waals surface area contributed by atoms with Crippen LogP contribution in [0.2, 0.25) is 0 Å². The molecule has 0 amide bonds. The predicted molar refractivity (Wildman–Crippen MR) is 68.1 cm³/mol. The SMILES string of the molecule is CC(Nc1ccc(S(=O)(=O)C(F)F)cc1)c1ncn[nH]1. The van der Waals surface area contributed by atoms with Gasteiger partial charge in [-0.05, 0) is 31.2 Å². The molecule has 0 spiro atoms. The fraction of sp³-hybridized carbons (Fsp3) is 0.273. The number of hydrogen-bond donors (Lipinski definition) is 2. The zero-order chi connectivity index (χ0) is 14.8.